The average molecular weight is 437 g/mol. The van der Waals surface area contributed by atoms with Gasteiger partial charge >= 0.3 is 0 Å². The van der Waals surface area contributed by atoms with Gasteiger partial charge in [-0.1, -0.05) is 0 Å². The van der Waals surface area contributed by atoms with E-state index in [1.54, 1.807) is 0 Å². The number of amides is 2. The number of hydrogen-bond acceptors (Lipinski definition) is 6. The fourth-order valence-electron chi connectivity index (χ4n) is 3.66. The van der Waals surface area contributed by atoms with Gasteiger partial charge in [-0.25, -0.2) is 14.4 Å². The molecule has 2 amide bonds. The zero-order valence-electron chi connectivity index (χ0n) is 17.7. The van der Waals surface area contributed by atoms with Gasteiger partial charge < -0.3 is 15.1 Å². The third-order valence-corrected chi connectivity index (χ3v) is 5.35. The molecule has 8 nitrogen and oxygen atoms in total. The van der Waals surface area contributed by atoms with Gasteiger partial charge in [0.05, 0.1) is 6.54 Å². The number of rotatable bonds is 6. The van der Waals surface area contributed by atoms with Crippen LogP contribution in [0.15, 0.2) is 53.2 Å². The molecule has 4 rings (SSSR count). The number of furan rings is 1. The first-order chi connectivity index (χ1) is 15.5. The maximum atomic E-state index is 13.1. The minimum atomic E-state index is -0.499. The Morgan fingerprint density at radius 3 is 2.47 bits per heavy atom. The topological polar surface area (TPSA) is 100 Å². The van der Waals surface area contributed by atoms with Crippen molar-refractivity contribution in [3.8, 4) is 0 Å². The normalized spacial score (nSPS) is 14.8. The molecule has 32 heavy (non-hydrogen) atoms. The largest absolute Gasteiger partial charge is 0.465 e. The number of anilines is 1. The molecule has 0 atom stereocenters. The van der Waals surface area contributed by atoms with Gasteiger partial charge in [-0.3, -0.25) is 14.5 Å². The fraction of sp³-hybridized carbons (Fsp3) is 0.304. The van der Waals surface area contributed by atoms with Crippen molar-refractivity contribution < 1.29 is 18.4 Å². The van der Waals surface area contributed by atoms with Crippen molar-refractivity contribution in [3.05, 3.63) is 77.4 Å². The maximum absolute atomic E-state index is 13.1. The molecule has 0 saturated carbocycles. The summed E-state index contributed by atoms with van der Waals surface area (Å²) in [5, 5.41) is 5.58. The van der Waals surface area contributed by atoms with Gasteiger partial charge in [-0.05, 0) is 56.2 Å². The van der Waals surface area contributed by atoms with Gasteiger partial charge in [0.2, 0.25) is 0 Å². The molecule has 166 valence electrons. The minimum absolute atomic E-state index is 0.000238. The second-order valence-corrected chi connectivity index (χ2v) is 7.75. The van der Waals surface area contributed by atoms with E-state index in [2.05, 4.69) is 25.5 Å². The fourth-order valence-corrected chi connectivity index (χ4v) is 3.66. The monoisotopic (exact) mass is 437 g/mol. The molecule has 1 fully saturated rings. The van der Waals surface area contributed by atoms with E-state index in [-0.39, 0.29) is 23.1 Å². The summed E-state index contributed by atoms with van der Waals surface area (Å²) in [7, 11) is 0. The van der Waals surface area contributed by atoms with E-state index < -0.39 is 17.6 Å². The molecule has 0 unspecified atom stereocenters. The third kappa shape index (κ3) is 5.36. The minimum Gasteiger partial charge on any atom is -0.465 e. The van der Waals surface area contributed by atoms with E-state index in [4.69, 9.17) is 4.42 Å². The summed E-state index contributed by atoms with van der Waals surface area (Å²) in [4.78, 5) is 35.7. The first-order valence-corrected chi connectivity index (χ1v) is 10.4. The summed E-state index contributed by atoms with van der Waals surface area (Å²) in [5.74, 6) is 0.560. The van der Waals surface area contributed by atoms with Crippen molar-refractivity contribution in [2.24, 2.45) is 0 Å². The number of carbonyl (C=O) groups is 2. The SMILES string of the molecule is Cc1ccc(CN2CCC(NC(=O)c3nccnc3NC(=O)c3ccc(F)cc3)CC2)o1. The summed E-state index contributed by atoms with van der Waals surface area (Å²) in [5.41, 5.74) is 0.291. The third-order valence-electron chi connectivity index (χ3n) is 5.35. The van der Waals surface area contributed by atoms with E-state index in [0.717, 1.165) is 44.0 Å². The van der Waals surface area contributed by atoms with Gasteiger partial charge in [-0.2, -0.15) is 0 Å². The highest BCUT2D eigenvalue weighted by molar-refractivity contribution is 6.07. The quantitative estimate of drug-likeness (QED) is 0.615. The van der Waals surface area contributed by atoms with Crippen LogP contribution in [0.4, 0.5) is 10.2 Å². The van der Waals surface area contributed by atoms with Crippen LogP contribution < -0.4 is 10.6 Å². The van der Waals surface area contributed by atoms with Crippen LogP contribution in [0.5, 0.6) is 0 Å². The van der Waals surface area contributed by atoms with Crippen molar-refractivity contribution in [3.63, 3.8) is 0 Å². The zero-order chi connectivity index (χ0) is 22.5. The Morgan fingerprint density at radius 1 is 1.06 bits per heavy atom. The number of hydrogen-bond donors (Lipinski definition) is 2. The predicted molar refractivity (Wildman–Crippen MR) is 116 cm³/mol. The summed E-state index contributed by atoms with van der Waals surface area (Å²) in [6, 6.07) is 9.04. The molecule has 0 spiro atoms. The molecule has 9 heteroatoms. The molecule has 3 heterocycles. The number of benzene rings is 1. The average Bonchev–Trinajstić information content (AvgIpc) is 3.20. The van der Waals surface area contributed by atoms with Crippen LogP contribution in [0.1, 0.15) is 45.2 Å². The van der Waals surface area contributed by atoms with Crippen LogP contribution in [0.2, 0.25) is 0 Å². The first-order valence-electron chi connectivity index (χ1n) is 10.4. The molecular formula is C23H24FN5O3. The van der Waals surface area contributed by atoms with Gasteiger partial charge in [-0.15, -0.1) is 0 Å². The summed E-state index contributed by atoms with van der Waals surface area (Å²) >= 11 is 0. The Balaban J connectivity index is 1.34. The summed E-state index contributed by atoms with van der Waals surface area (Å²) in [6.45, 7) is 4.34. The van der Waals surface area contributed by atoms with E-state index in [1.165, 1.54) is 36.7 Å². The number of nitrogens with zero attached hydrogens (tertiary/aromatic N) is 3. The van der Waals surface area contributed by atoms with E-state index in [1.807, 2.05) is 19.1 Å². The molecule has 1 aliphatic heterocycles. The summed E-state index contributed by atoms with van der Waals surface area (Å²) < 4.78 is 18.7. The van der Waals surface area contributed by atoms with Crippen molar-refractivity contribution >= 4 is 17.6 Å². The van der Waals surface area contributed by atoms with Crippen molar-refractivity contribution in [2.75, 3.05) is 18.4 Å². The smallest absolute Gasteiger partial charge is 0.273 e. The Morgan fingerprint density at radius 2 is 1.78 bits per heavy atom. The maximum Gasteiger partial charge on any atom is 0.273 e. The van der Waals surface area contributed by atoms with Crippen molar-refractivity contribution in [2.45, 2.75) is 32.4 Å². The van der Waals surface area contributed by atoms with Crippen molar-refractivity contribution in [1.82, 2.24) is 20.2 Å². The van der Waals surface area contributed by atoms with Crippen LogP contribution in [0, 0.1) is 12.7 Å². The second kappa shape index (κ2) is 9.69. The molecule has 3 aromatic rings. The molecular weight excluding hydrogens is 413 g/mol. The lowest BCUT2D eigenvalue weighted by atomic mass is 10.0. The number of aryl methyl sites for hydroxylation is 1. The Labute approximate surface area is 184 Å². The highest BCUT2D eigenvalue weighted by Crippen LogP contribution is 2.17. The molecule has 1 aromatic carbocycles. The molecule has 0 radical (unpaired) electrons. The highest BCUT2D eigenvalue weighted by Gasteiger charge is 2.24. The van der Waals surface area contributed by atoms with E-state index in [9.17, 15) is 14.0 Å². The van der Waals surface area contributed by atoms with E-state index in [0.29, 0.717) is 0 Å². The lowest BCUT2D eigenvalue weighted by Gasteiger charge is -2.31. The number of carbonyl (C=O) groups excluding carboxylic acids is 2. The van der Waals surface area contributed by atoms with Crippen LogP contribution in [-0.2, 0) is 6.54 Å². The number of halogens is 1. The van der Waals surface area contributed by atoms with Gasteiger partial charge in [0.15, 0.2) is 11.5 Å². The zero-order valence-corrected chi connectivity index (χ0v) is 17.7. The molecule has 1 aliphatic rings. The molecule has 1 saturated heterocycles. The van der Waals surface area contributed by atoms with Gasteiger partial charge in [0, 0.05) is 37.1 Å². The Hall–Kier alpha value is -3.59. The van der Waals surface area contributed by atoms with Crippen LogP contribution in [-0.4, -0.2) is 45.8 Å². The first kappa shape index (κ1) is 21.6. The van der Waals surface area contributed by atoms with Crippen LogP contribution in [0.3, 0.4) is 0 Å². The number of nitrogens with one attached hydrogen (secondary N) is 2. The van der Waals surface area contributed by atoms with Crippen LogP contribution in [0.25, 0.3) is 0 Å². The van der Waals surface area contributed by atoms with Crippen molar-refractivity contribution in [1.29, 1.82) is 0 Å². The number of piperidine rings is 1. The highest BCUT2D eigenvalue weighted by atomic mass is 19.1. The van der Waals surface area contributed by atoms with Crippen LogP contribution >= 0.6 is 0 Å². The second-order valence-electron chi connectivity index (χ2n) is 7.75. The standard InChI is InChI=1S/C23H24FN5O3/c1-15-2-7-19(32-15)14-29-12-8-18(9-13-29)27-23(31)20-21(26-11-10-25-20)28-22(30)16-3-5-17(24)6-4-16/h2-7,10-11,18H,8-9,12-14H2,1H3,(H,27,31)(H,26,28,30). The lowest BCUT2D eigenvalue weighted by molar-refractivity contribution is 0.0901. The Kier molecular flexibility index (Phi) is 6.55. The van der Waals surface area contributed by atoms with E-state index >= 15 is 0 Å². The molecule has 0 aliphatic carbocycles. The summed E-state index contributed by atoms with van der Waals surface area (Å²) in [6.07, 6.45) is 4.38. The number of likely N-dealkylation sites (tertiary alicyclic amines) is 1. The molecule has 2 N–H and O–H groups in total. The van der Waals surface area contributed by atoms with Gasteiger partial charge in [0.1, 0.15) is 17.3 Å². The molecule has 0 bridgehead atoms. The predicted octanol–water partition coefficient (Wildman–Crippen LogP) is 3.16. The lowest BCUT2D eigenvalue weighted by Crippen LogP contribution is -2.44. The molecule has 2 aromatic heterocycles. The van der Waals surface area contributed by atoms with Gasteiger partial charge in [0.25, 0.3) is 11.8 Å². The Bertz CT molecular complexity index is 1090. The number of aromatic nitrogens is 2.